The second kappa shape index (κ2) is 11.2. The predicted octanol–water partition coefficient (Wildman–Crippen LogP) is 2.34. The van der Waals surface area contributed by atoms with Crippen LogP contribution >= 0.6 is 0 Å². The van der Waals surface area contributed by atoms with Gasteiger partial charge in [-0.25, -0.2) is 4.99 Å². The third-order valence-electron chi connectivity index (χ3n) is 5.07. The number of nitrogens with zero attached hydrogens (tertiary/aromatic N) is 3. The number of guanidine groups is 1. The largest absolute Gasteiger partial charge is 0.459 e. The van der Waals surface area contributed by atoms with Gasteiger partial charge in [0.05, 0.1) is 12.8 Å². The molecule has 1 aliphatic heterocycles. The number of aliphatic imine (C=N–C) groups is 1. The first kappa shape index (κ1) is 22.4. The summed E-state index contributed by atoms with van der Waals surface area (Å²) in [5.74, 6) is 1.05. The van der Waals surface area contributed by atoms with Crippen molar-refractivity contribution in [3.05, 3.63) is 59.5 Å². The number of amides is 2. The highest BCUT2D eigenvalue weighted by Gasteiger charge is 2.25. The van der Waals surface area contributed by atoms with Crippen LogP contribution < -0.4 is 10.6 Å². The van der Waals surface area contributed by atoms with Crippen LogP contribution in [0.5, 0.6) is 0 Å². The Kier molecular flexibility index (Phi) is 8.09. The summed E-state index contributed by atoms with van der Waals surface area (Å²) in [6.07, 6.45) is 2.42. The molecule has 0 radical (unpaired) electrons. The van der Waals surface area contributed by atoms with Crippen LogP contribution in [0, 0.1) is 0 Å². The van der Waals surface area contributed by atoms with E-state index in [-0.39, 0.29) is 11.8 Å². The van der Waals surface area contributed by atoms with E-state index in [0.717, 1.165) is 24.5 Å². The van der Waals surface area contributed by atoms with Crippen LogP contribution in [0.25, 0.3) is 0 Å². The number of piperazine rings is 1. The molecular formula is C23H31N5O3. The molecule has 3 rings (SSSR count). The van der Waals surface area contributed by atoms with Crippen molar-refractivity contribution in [3.63, 3.8) is 0 Å². The molecule has 8 nitrogen and oxygen atoms in total. The first-order chi connectivity index (χ1) is 15.1. The van der Waals surface area contributed by atoms with Gasteiger partial charge in [-0.05, 0) is 43.2 Å². The molecule has 0 atom stereocenters. The van der Waals surface area contributed by atoms with Crippen molar-refractivity contribution in [2.75, 3.05) is 39.3 Å². The molecule has 0 spiro atoms. The van der Waals surface area contributed by atoms with Gasteiger partial charge in [-0.1, -0.05) is 19.1 Å². The van der Waals surface area contributed by atoms with E-state index in [1.54, 1.807) is 17.0 Å². The SMILES string of the molecule is CCCNC(=O)c1cccc(CN=C(NCC)N2CCN(C(=O)c3ccco3)CC2)c1. The minimum absolute atomic E-state index is 0.0584. The van der Waals surface area contributed by atoms with Gasteiger partial charge < -0.3 is 24.9 Å². The van der Waals surface area contributed by atoms with E-state index < -0.39 is 0 Å². The van der Waals surface area contributed by atoms with Gasteiger partial charge in [0, 0.05) is 44.8 Å². The van der Waals surface area contributed by atoms with Crippen LogP contribution in [0.3, 0.4) is 0 Å². The minimum atomic E-state index is -0.0789. The Hall–Kier alpha value is -3.29. The Labute approximate surface area is 183 Å². The highest BCUT2D eigenvalue weighted by Crippen LogP contribution is 2.11. The zero-order valence-corrected chi connectivity index (χ0v) is 18.3. The van der Waals surface area contributed by atoms with Gasteiger partial charge in [-0.3, -0.25) is 9.59 Å². The minimum Gasteiger partial charge on any atom is -0.459 e. The Morgan fingerprint density at radius 1 is 1.03 bits per heavy atom. The van der Waals surface area contributed by atoms with Gasteiger partial charge in [0.1, 0.15) is 0 Å². The quantitative estimate of drug-likeness (QED) is 0.525. The van der Waals surface area contributed by atoms with Gasteiger partial charge in [0.15, 0.2) is 11.7 Å². The van der Waals surface area contributed by atoms with E-state index in [2.05, 4.69) is 15.5 Å². The molecule has 0 saturated carbocycles. The lowest BCUT2D eigenvalue weighted by atomic mass is 10.1. The Morgan fingerprint density at radius 2 is 1.81 bits per heavy atom. The van der Waals surface area contributed by atoms with Crippen molar-refractivity contribution in [2.24, 2.45) is 4.99 Å². The maximum Gasteiger partial charge on any atom is 0.289 e. The van der Waals surface area contributed by atoms with Crippen LogP contribution in [0.1, 0.15) is 46.7 Å². The van der Waals surface area contributed by atoms with Crippen molar-refractivity contribution in [2.45, 2.75) is 26.8 Å². The third-order valence-corrected chi connectivity index (χ3v) is 5.07. The molecule has 1 aliphatic rings. The number of benzene rings is 1. The van der Waals surface area contributed by atoms with Crippen molar-refractivity contribution in [1.82, 2.24) is 20.4 Å². The molecule has 0 unspecified atom stereocenters. The number of rotatable bonds is 7. The number of furan rings is 1. The zero-order valence-electron chi connectivity index (χ0n) is 18.3. The van der Waals surface area contributed by atoms with E-state index in [1.165, 1.54) is 6.26 Å². The molecule has 2 heterocycles. The van der Waals surface area contributed by atoms with Crippen LogP contribution in [0.4, 0.5) is 0 Å². The van der Waals surface area contributed by atoms with Crippen molar-refractivity contribution >= 4 is 17.8 Å². The zero-order chi connectivity index (χ0) is 22.1. The molecule has 2 N–H and O–H groups in total. The van der Waals surface area contributed by atoms with Gasteiger partial charge in [-0.2, -0.15) is 0 Å². The summed E-state index contributed by atoms with van der Waals surface area (Å²) < 4.78 is 5.23. The topological polar surface area (TPSA) is 90.2 Å². The number of hydrogen-bond acceptors (Lipinski definition) is 4. The van der Waals surface area contributed by atoms with Crippen LogP contribution in [-0.2, 0) is 6.54 Å². The van der Waals surface area contributed by atoms with E-state index in [0.29, 0.717) is 50.6 Å². The Balaban J connectivity index is 1.61. The lowest BCUT2D eigenvalue weighted by Crippen LogP contribution is -2.53. The van der Waals surface area contributed by atoms with E-state index in [1.807, 2.05) is 38.1 Å². The average molecular weight is 426 g/mol. The molecule has 8 heteroatoms. The Morgan fingerprint density at radius 3 is 2.48 bits per heavy atom. The molecule has 1 saturated heterocycles. The standard InChI is InChI=1S/C23H31N5O3/c1-3-10-25-21(29)19-8-5-7-18(16-19)17-26-23(24-4-2)28-13-11-27(12-14-28)22(30)20-9-6-15-31-20/h5-9,15-16H,3-4,10-14,17H2,1-2H3,(H,24,26)(H,25,29). The molecule has 31 heavy (non-hydrogen) atoms. The summed E-state index contributed by atoms with van der Waals surface area (Å²) in [7, 11) is 0. The molecule has 1 aromatic carbocycles. The van der Waals surface area contributed by atoms with Crippen molar-refractivity contribution in [1.29, 1.82) is 0 Å². The fourth-order valence-electron chi connectivity index (χ4n) is 3.42. The summed E-state index contributed by atoms with van der Waals surface area (Å²) in [4.78, 5) is 33.4. The average Bonchev–Trinajstić information content (AvgIpc) is 3.35. The van der Waals surface area contributed by atoms with Gasteiger partial charge in [-0.15, -0.1) is 0 Å². The van der Waals surface area contributed by atoms with E-state index >= 15 is 0 Å². The van der Waals surface area contributed by atoms with Crippen molar-refractivity contribution in [3.8, 4) is 0 Å². The lowest BCUT2D eigenvalue weighted by Gasteiger charge is -2.36. The molecule has 1 fully saturated rings. The predicted molar refractivity (Wildman–Crippen MR) is 120 cm³/mol. The summed E-state index contributed by atoms with van der Waals surface area (Å²) in [5, 5.41) is 6.24. The number of nitrogens with one attached hydrogen (secondary N) is 2. The summed E-state index contributed by atoms with van der Waals surface area (Å²) >= 11 is 0. The maximum absolute atomic E-state index is 12.5. The van der Waals surface area contributed by atoms with Crippen molar-refractivity contribution < 1.29 is 14.0 Å². The second-order valence-corrected chi connectivity index (χ2v) is 7.38. The van der Waals surface area contributed by atoms with E-state index in [4.69, 9.17) is 9.41 Å². The fourth-order valence-corrected chi connectivity index (χ4v) is 3.42. The smallest absolute Gasteiger partial charge is 0.289 e. The first-order valence-corrected chi connectivity index (χ1v) is 10.9. The van der Waals surface area contributed by atoms with Crippen LogP contribution in [0.15, 0.2) is 52.1 Å². The number of hydrogen-bond donors (Lipinski definition) is 2. The van der Waals surface area contributed by atoms with Crippen LogP contribution in [-0.4, -0.2) is 66.8 Å². The molecule has 1 aromatic heterocycles. The summed E-state index contributed by atoms with van der Waals surface area (Å²) in [5.41, 5.74) is 1.63. The van der Waals surface area contributed by atoms with Gasteiger partial charge >= 0.3 is 0 Å². The monoisotopic (exact) mass is 425 g/mol. The molecule has 0 aliphatic carbocycles. The number of carbonyl (C=O) groups is 2. The molecule has 2 amide bonds. The third kappa shape index (κ3) is 6.10. The highest BCUT2D eigenvalue weighted by molar-refractivity contribution is 5.94. The first-order valence-electron chi connectivity index (χ1n) is 10.9. The summed E-state index contributed by atoms with van der Waals surface area (Å²) in [6.45, 7) is 8.56. The van der Waals surface area contributed by atoms with Crippen LogP contribution in [0.2, 0.25) is 0 Å². The second-order valence-electron chi connectivity index (χ2n) is 7.38. The van der Waals surface area contributed by atoms with E-state index in [9.17, 15) is 9.59 Å². The van der Waals surface area contributed by atoms with Gasteiger partial charge in [0.2, 0.25) is 0 Å². The highest BCUT2D eigenvalue weighted by atomic mass is 16.3. The molecule has 2 aromatic rings. The van der Waals surface area contributed by atoms with Gasteiger partial charge in [0.25, 0.3) is 11.8 Å². The molecule has 166 valence electrons. The Bertz CT molecular complexity index is 886. The summed E-state index contributed by atoms with van der Waals surface area (Å²) in [6, 6.07) is 11.0. The fraction of sp³-hybridized carbons (Fsp3) is 0.435. The molecular weight excluding hydrogens is 394 g/mol. The number of carbonyl (C=O) groups excluding carboxylic acids is 2. The maximum atomic E-state index is 12.5. The normalized spacial score (nSPS) is 14.5. The lowest BCUT2D eigenvalue weighted by molar-refractivity contribution is 0.0657. The molecule has 0 bridgehead atoms.